The van der Waals surface area contributed by atoms with Crippen molar-refractivity contribution in [3.05, 3.63) is 41.3 Å². The number of thiophene rings is 1. The number of anilines is 2. The number of hydrogen-bond acceptors (Lipinski definition) is 5. The lowest BCUT2D eigenvalue weighted by Gasteiger charge is -2.20. The van der Waals surface area contributed by atoms with Gasteiger partial charge in [0.25, 0.3) is 5.91 Å². The molecule has 1 aromatic carbocycles. The molecule has 0 bridgehead atoms. The minimum atomic E-state index is -0.190. The van der Waals surface area contributed by atoms with Crippen molar-refractivity contribution < 1.29 is 9.59 Å². The molecular weight excluding hydrogens is 410 g/mol. The van der Waals surface area contributed by atoms with Gasteiger partial charge in [-0.25, -0.2) is 4.98 Å². The van der Waals surface area contributed by atoms with Gasteiger partial charge in [-0.3, -0.25) is 14.9 Å². The molecule has 31 heavy (non-hydrogen) atoms. The summed E-state index contributed by atoms with van der Waals surface area (Å²) in [6.07, 6.45) is 4.45. The SMILES string of the molecule is CC[C@@H](CCCNC)n1c(NC(=O)c2ccc(N3CCCC3=O)s2)nc2ccccc21. The number of carbonyl (C=O) groups is 2. The first-order valence-electron chi connectivity index (χ1n) is 11.0. The quantitative estimate of drug-likeness (QED) is 0.484. The highest BCUT2D eigenvalue weighted by atomic mass is 32.1. The van der Waals surface area contributed by atoms with Gasteiger partial charge in [-0.05, 0) is 63.5 Å². The third kappa shape index (κ3) is 4.50. The molecule has 0 unspecified atom stereocenters. The average molecular weight is 440 g/mol. The molecule has 1 saturated heterocycles. The van der Waals surface area contributed by atoms with Crippen molar-refractivity contribution in [2.45, 2.75) is 45.1 Å². The molecule has 8 heteroatoms. The van der Waals surface area contributed by atoms with E-state index in [1.165, 1.54) is 11.3 Å². The van der Waals surface area contributed by atoms with Crippen LogP contribution < -0.4 is 15.5 Å². The Morgan fingerprint density at radius 2 is 2.10 bits per heavy atom. The summed E-state index contributed by atoms with van der Waals surface area (Å²) >= 11 is 1.35. The summed E-state index contributed by atoms with van der Waals surface area (Å²) in [5.74, 6) is 0.516. The fraction of sp³-hybridized carbons (Fsp3) is 0.435. The van der Waals surface area contributed by atoms with Crippen LogP contribution in [0.3, 0.4) is 0 Å². The average Bonchev–Trinajstić information content (AvgIpc) is 3.49. The summed E-state index contributed by atoms with van der Waals surface area (Å²) in [6, 6.07) is 11.9. The number of carbonyl (C=O) groups excluding carboxylic acids is 2. The van der Waals surface area contributed by atoms with Gasteiger partial charge in [-0.15, -0.1) is 11.3 Å². The van der Waals surface area contributed by atoms with E-state index in [9.17, 15) is 9.59 Å². The lowest BCUT2D eigenvalue weighted by molar-refractivity contribution is -0.117. The molecule has 164 valence electrons. The summed E-state index contributed by atoms with van der Waals surface area (Å²) in [7, 11) is 1.96. The van der Waals surface area contributed by atoms with E-state index in [1.807, 2.05) is 31.3 Å². The van der Waals surface area contributed by atoms with Crippen LogP contribution in [0.1, 0.15) is 54.7 Å². The smallest absolute Gasteiger partial charge is 0.268 e. The molecule has 1 atom stereocenters. The third-order valence-corrected chi connectivity index (χ3v) is 6.88. The van der Waals surface area contributed by atoms with Crippen molar-refractivity contribution in [2.75, 3.05) is 30.4 Å². The van der Waals surface area contributed by atoms with Crippen LogP contribution in [0.5, 0.6) is 0 Å². The number of fused-ring (bicyclic) bond motifs is 1. The molecule has 2 N–H and O–H groups in total. The highest BCUT2D eigenvalue weighted by molar-refractivity contribution is 7.18. The Kier molecular flexibility index (Phi) is 6.67. The van der Waals surface area contributed by atoms with Crippen molar-refractivity contribution in [1.82, 2.24) is 14.9 Å². The zero-order valence-electron chi connectivity index (χ0n) is 18.1. The number of benzene rings is 1. The van der Waals surface area contributed by atoms with E-state index in [1.54, 1.807) is 11.0 Å². The van der Waals surface area contributed by atoms with Gasteiger partial charge in [0.2, 0.25) is 11.9 Å². The fourth-order valence-corrected chi connectivity index (χ4v) is 5.12. The Hall–Kier alpha value is -2.71. The molecule has 0 saturated carbocycles. The molecule has 0 radical (unpaired) electrons. The van der Waals surface area contributed by atoms with Gasteiger partial charge in [0, 0.05) is 19.0 Å². The molecule has 3 aromatic rings. The van der Waals surface area contributed by atoms with E-state index in [4.69, 9.17) is 4.98 Å². The second-order valence-corrected chi connectivity index (χ2v) is 8.91. The third-order valence-electron chi connectivity index (χ3n) is 5.78. The first kappa shape index (κ1) is 21.5. The Morgan fingerprint density at radius 3 is 2.84 bits per heavy atom. The summed E-state index contributed by atoms with van der Waals surface area (Å²) in [5.41, 5.74) is 1.91. The fourth-order valence-electron chi connectivity index (χ4n) is 4.17. The lowest BCUT2D eigenvalue weighted by Crippen LogP contribution is -2.22. The predicted molar refractivity (Wildman–Crippen MR) is 126 cm³/mol. The second kappa shape index (κ2) is 9.62. The van der Waals surface area contributed by atoms with Crippen LogP contribution in [0.2, 0.25) is 0 Å². The molecule has 4 rings (SSSR count). The maximum Gasteiger partial charge on any atom is 0.268 e. The number of aromatic nitrogens is 2. The Balaban J connectivity index is 1.59. The first-order valence-corrected chi connectivity index (χ1v) is 11.8. The molecule has 0 spiro atoms. The molecule has 3 heterocycles. The van der Waals surface area contributed by atoms with Crippen molar-refractivity contribution in [1.29, 1.82) is 0 Å². The number of rotatable bonds is 9. The molecule has 7 nitrogen and oxygen atoms in total. The van der Waals surface area contributed by atoms with Crippen LogP contribution in [0, 0.1) is 0 Å². The van der Waals surface area contributed by atoms with Gasteiger partial charge in [0.05, 0.1) is 20.9 Å². The van der Waals surface area contributed by atoms with E-state index < -0.39 is 0 Å². The van der Waals surface area contributed by atoms with Gasteiger partial charge in [0.1, 0.15) is 0 Å². The number of nitrogens with zero attached hydrogens (tertiary/aromatic N) is 3. The van der Waals surface area contributed by atoms with Gasteiger partial charge < -0.3 is 14.8 Å². The summed E-state index contributed by atoms with van der Waals surface area (Å²) in [5, 5.41) is 7.08. The largest absolute Gasteiger partial charge is 0.320 e. The lowest BCUT2D eigenvalue weighted by atomic mass is 10.1. The minimum absolute atomic E-state index is 0.128. The van der Waals surface area contributed by atoms with Gasteiger partial charge in [-0.2, -0.15) is 0 Å². The van der Waals surface area contributed by atoms with Crippen LogP contribution in [0.25, 0.3) is 11.0 Å². The van der Waals surface area contributed by atoms with E-state index in [2.05, 4.69) is 28.2 Å². The van der Waals surface area contributed by atoms with Crippen LogP contribution in [-0.2, 0) is 4.79 Å². The van der Waals surface area contributed by atoms with Crippen LogP contribution in [0.15, 0.2) is 36.4 Å². The number of nitrogens with one attached hydrogen (secondary N) is 2. The molecule has 1 fully saturated rings. The van der Waals surface area contributed by atoms with Crippen molar-refractivity contribution in [3.63, 3.8) is 0 Å². The topological polar surface area (TPSA) is 79.3 Å². The van der Waals surface area contributed by atoms with Crippen LogP contribution >= 0.6 is 11.3 Å². The zero-order valence-corrected chi connectivity index (χ0v) is 18.9. The molecule has 2 amide bonds. The monoisotopic (exact) mass is 439 g/mol. The van der Waals surface area contributed by atoms with Gasteiger partial charge >= 0.3 is 0 Å². The Bertz CT molecular complexity index is 1070. The van der Waals surface area contributed by atoms with Crippen molar-refractivity contribution in [2.24, 2.45) is 0 Å². The maximum atomic E-state index is 13.1. The first-order chi connectivity index (χ1) is 15.1. The van der Waals surface area contributed by atoms with Crippen molar-refractivity contribution >= 4 is 45.1 Å². The maximum absolute atomic E-state index is 13.1. The summed E-state index contributed by atoms with van der Waals surface area (Å²) in [6.45, 7) is 3.85. The number of imidazole rings is 1. The second-order valence-electron chi connectivity index (χ2n) is 7.84. The van der Waals surface area contributed by atoms with E-state index in [0.29, 0.717) is 17.2 Å². The normalized spacial score (nSPS) is 15.0. The highest BCUT2D eigenvalue weighted by Crippen LogP contribution is 2.32. The Morgan fingerprint density at radius 1 is 1.26 bits per heavy atom. The molecule has 1 aliphatic rings. The minimum Gasteiger partial charge on any atom is -0.320 e. The van der Waals surface area contributed by atoms with E-state index >= 15 is 0 Å². The molecule has 0 aliphatic carbocycles. The summed E-state index contributed by atoms with van der Waals surface area (Å²) < 4.78 is 2.17. The van der Waals surface area contributed by atoms with Crippen molar-refractivity contribution in [3.8, 4) is 0 Å². The number of amides is 2. The molecule has 2 aromatic heterocycles. The highest BCUT2D eigenvalue weighted by Gasteiger charge is 2.25. The standard InChI is InChI=1S/C23H29N5O2S/c1-3-16(8-6-14-24-2)28-18-10-5-4-9-17(18)25-23(28)26-22(30)19-12-13-21(31-19)27-15-7-11-20(27)29/h4-5,9-10,12-13,16,24H,3,6-8,11,14-15H2,1-2H3,(H,25,26,30)/t16-/m0/s1. The van der Waals surface area contributed by atoms with Gasteiger partial charge in [0.15, 0.2) is 0 Å². The number of para-hydroxylation sites is 2. The number of hydrogen-bond donors (Lipinski definition) is 2. The van der Waals surface area contributed by atoms with E-state index in [-0.39, 0.29) is 17.9 Å². The summed E-state index contributed by atoms with van der Waals surface area (Å²) in [4.78, 5) is 32.2. The molecule has 1 aliphatic heterocycles. The zero-order chi connectivity index (χ0) is 21.8. The van der Waals surface area contributed by atoms with Crippen LogP contribution in [-0.4, -0.2) is 41.5 Å². The van der Waals surface area contributed by atoms with E-state index in [0.717, 1.165) is 54.8 Å². The Labute approximate surface area is 186 Å². The van der Waals surface area contributed by atoms with Gasteiger partial charge in [-0.1, -0.05) is 19.1 Å². The predicted octanol–water partition coefficient (Wildman–Crippen LogP) is 4.43. The van der Waals surface area contributed by atoms with Crippen LogP contribution in [0.4, 0.5) is 10.9 Å². The molecular formula is C23H29N5O2S.